The predicted octanol–water partition coefficient (Wildman–Crippen LogP) is 4.75. The van der Waals surface area contributed by atoms with Crippen LogP contribution in [-0.2, 0) is 12.0 Å². The highest BCUT2D eigenvalue weighted by molar-refractivity contribution is 6.04. The molecule has 0 bridgehead atoms. The second-order valence-corrected chi connectivity index (χ2v) is 8.72. The average Bonchev–Trinajstić information content (AvgIpc) is 3.12. The Morgan fingerprint density at radius 1 is 1.06 bits per heavy atom. The largest absolute Gasteiger partial charge is 0.392 e. The molecule has 0 aliphatic rings. The first kappa shape index (κ1) is 20.8. The van der Waals surface area contributed by atoms with Gasteiger partial charge in [-0.1, -0.05) is 51.1 Å². The van der Waals surface area contributed by atoms with Crippen LogP contribution < -0.4 is 5.32 Å². The van der Waals surface area contributed by atoms with Gasteiger partial charge in [0.25, 0.3) is 5.91 Å². The van der Waals surface area contributed by atoms with Crippen molar-refractivity contribution in [2.45, 2.75) is 39.7 Å². The summed E-state index contributed by atoms with van der Waals surface area (Å²) in [6.07, 6.45) is 0. The minimum absolute atomic E-state index is 0.0273. The normalized spacial score (nSPS) is 11.6. The van der Waals surface area contributed by atoms with E-state index in [1.165, 1.54) is 5.56 Å². The first-order valence-corrected chi connectivity index (χ1v) is 10.2. The van der Waals surface area contributed by atoms with E-state index in [9.17, 15) is 9.90 Å². The molecule has 31 heavy (non-hydrogen) atoms. The van der Waals surface area contributed by atoms with E-state index in [-0.39, 0.29) is 17.9 Å². The number of aliphatic hydroxyl groups is 1. The quantitative estimate of drug-likeness (QED) is 0.505. The third-order valence-corrected chi connectivity index (χ3v) is 5.21. The van der Waals surface area contributed by atoms with E-state index in [0.29, 0.717) is 17.0 Å². The van der Waals surface area contributed by atoms with Gasteiger partial charge in [-0.25, -0.2) is 9.50 Å². The lowest BCUT2D eigenvalue weighted by Crippen LogP contribution is -2.15. The van der Waals surface area contributed by atoms with Crippen molar-refractivity contribution in [1.29, 1.82) is 0 Å². The Hall–Kier alpha value is -3.51. The van der Waals surface area contributed by atoms with Crippen molar-refractivity contribution >= 4 is 17.4 Å². The monoisotopic (exact) mass is 414 g/mol. The van der Waals surface area contributed by atoms with Crippen molar-refractivity contribution in [3.05, 3.63) is 83.0 Å². The molecule has 0 spiro atoms. The number of carbonyl (C=O) groups is 1. The van der Waals surface area contributed by atoms with Gasteiger partial charge in [0.05, 0.1) is 18.0 Å². The number of hydrogen-bond acceptors (Lipinski definition) is 4. The molecule has 158 valence electrons. The highest BCUT2D eigenvalue weighted by Gasteiger charge is 2.16. The third kappa shape index (κ3) is 4.34. The molecule has 0 aliphatic heterocycles. The predicted molar refractivity (Wildman–Crippen MR) is 122 cm³/mol. The van der Waals surface area contributed by atoms with Crippen LogP contribution in [0.1, 0.15) is 48.0 Å². The van der Waals surface area contributed by atoms with Crippen molar-refractivity contribution < 1.29 is 9.90 Å². The number of nitrogens with zero attached hydrogens (tertiary/aromatic N) is 3. The number of benzene rings is 2. The van der Waals surface area contributed by atoms with Crippen LogP contribution in [0.4, 0.5) is 5.82 Å². The molecule has 0 radical (unpaired) electrons. The molecule has 0 atom stereocenters. The topological polar surface area (TPSA) is 79.5 Å². The van der Waals surface area contributed by atoms with E-state index in [1.54, 1.807) is 10.6 Å². The van der Waals surface area contributed by atoms with Crippen LogP contribution in [-0.4, -0.2) is 25.6 Å². The lowest BCUT2D eigenvalue weighted by Gasteiger charge is -2.19. The zero-order chi connectivity index (χ0) is 22.2. The lowest BCUT2D eigenvalue weighted by atomic mass is 9.87. The molecule has 6 nitrogen and oxygen atoms in total. The van der Waals surface area contributed by atoms with Crippen LogP contribution in [0.5, 0.6) is 0 Å². The van der Waals surface area contributed by atoms with Crippen molar-refractivity contribution in [2.24, 2.45) is 0 Å². The molecule has 2 aromatic heterocycles. The number of aliphatic hydroxyl groups excluding tert-OH is 1. The summed E-state index contributed by atoms with van der Waals surface area (Å²) in [5, 5.41) is 17.0. The van der Waals surface area contributed by atoms with E-state index in [2.05, 4.69) is 36.2 Å². The summed E-state index contributed by atoms with van der Waals surface area (Å²) in [6.45, 7) is 8.28. The number of aromatic nitrogens is 3. The van der Waals surface area contributed by atoms with Crippen LogP contribution >= 0.6 is 0 Å². The lowest BCUT2D eigenvalue weighted by molar-refractivity contribution is 0.102. The summed E-state index contributed by atoms with van der Waals surface area (Å²) in [6, 6.07) is 18.9. The Morgan fingerprint density at radius 3 is 2.48 bits per heavy atom. The molecule has 4 aromatic rings. The second-order valence-electron chi connectivity index (χ2n) is 8.72. The van der Waals surface area contributed by atoms with Gasteiger partial charge in [0.2, 0.25) is 0 Å². The van der Waals surface area contributed by atoms with Crippen LogP contribution in [0.25, 0.3) is 16.9 Å². The van der Waals surface area contributed by atoms with E-state index < -0.39 is 0 Å². The SMILES string of the molecule is Cc1cc2nc(NC(=O)c3ccc(C(C)(C)C)cc3)cc(-c3cccc(CO)c3)n2n1. The summed E-state index contributed by atoms with van der Waals surface area (Å²) >= 11 is 0. The van der Waals surface area contributed by atoms with Gasteiger partial charge in [0.1, 0.15) is 5.82 Å². The van der Waals surface area contributed by atoms with Crippen molar-refractivity contribution in [3.8, 4) is 11.3 Å². The van der Waals surface area contributed by atoms with Crippen LogP contribution in [0.2, 0.25) is 0 Å². The maximum absolute atomic E-state index is 12.9. The van der Waals surface area contributed by atoms with Crippen molar-refractivity contribution in [1.82, 2.24) is 14.6 Å². The number of fused-ring (bicyclic) bond motifs is 1. The average molecular weight is 415 g/mol. The van der Waals surface area contributed by atoms with Gasteiger partial charge in [0, 0.05) is 23.3 Å². The molecular formula is C25H26N4O2. The Labute approximate surface area is 181 Å². The molecule has 4 rings (SSSR count). The Balaban J connectivity index is 1.70. The van der Waals surface area contributed by atoms with Gasteiger partial charge in [-0.2, -0.15) is 5.10 Å². The van der Waals surface area contributed by atoms with E-state index >= 15 is 0 Å². The molecule has 0 saturated carbocycles. The van der Waals surface area contributed by atoms with E-state index in [1.807, 2.05) is 61.5 Å². The first-order valence-electron chi connectivity index (χ1n) is 10.2. The van der Waals surface area contributed by atoms with E-state index in [0.717, 1.165) is 22.5 Å². The Kier molecular flexibility index (Phi) is 5.33. The summed E-state index contributed by atoms with van der Waals surface area (Å²) in [4.78, 5) is 17.4. The summed E-state index contributed by atoms with van der Waals surface area (Å²) in [5.41, 5.74) is 5.71. The molecule has 2 N–H and O–H groups in total. The number of hydrogen-bond donors (Lipinski definition) is 2. The highest BCUT2D eigenvalue weighted by Crippen LogP contribution is 2.26. The standard InChI is InChI=1S/C25H26N4O2/c1-16-12-23-26-22(27-24(31)18-8-10-20(11-9-18)25(2,3)4)14-21(29(23)28-16)19-7-5-6-17(13-19)15-30/h5-14,30H,15H2,1-4H3,(H,26,27,31). The van der Waals surface area contributed by atoms with Crippen molar-refractivity contribution in [2.75, 3.05) is 5.32 Å². The fourth-order valence-corrected chi connectivity index (χ4v) is 3.50. The number of anilines is 1. The summed E-state index contributed by atoms with van der Waals surface area (Å²) < 4.78 is 1.75. The number of amides is 1. The highest BCUT2D eigenvalue weighted by atomic mass is 16.3. The molecule has 1 amide bonds. The van der Waals surface area contributed by atoms with Gasteiger partial charge in [0.15, 0.2) is 5.65 Å². The number of carbonyl (C=O) groups excluding carboxylic acids is 1. The molecule has 2 heterocycles. The van der Waals surface area contributed by atoms with Crippen LogP contribution in [0, 0.1) is 6.92 Å². The van der Waals surface area contributed by atoms with E-state index in [4.69, 9.17) is 0 Å². The number of nitrogens with one attached hydrogen (secondary N) is 1. The fourth-order valence-electron chi connectivity index (χ4n) is 3.50. The van der Waals surface area contributed by atoms with Gasteiger partial charge < -0.3 is 10.4 Å². The molecule has 0 fully saturated rings. The number of aryl methyl sites for hydroxylation is 1. The van der Waals surface area contributed by atoms with Crippen LogP contribution in [0.15, 0.2) is 60.7 Å². The van der Waals surface area contributed by atoms with Crippen molar-refractivity contribution in [3.63, 3.8) is 0 Å². The zero-order valence-electron chi connectivity index (χ0n) is 18.2. The molecule has 0 aliphatic carbocycles. The second kappa shape index (κ2) is 7.96. The fraction of sp³-hybridized carbons (Fsp3) is 0.240. The zero-order valence-corrected chi connectivity index (χ0v) is 18.2. The smallest absolute Gasteiger partial charge is 0.256 e. The Bertz CT molecular complexity index is 1250. The molecule has 0 unspecified atom stereocenters. The summed E-state index contributed by atoms with van der Waals surface area (Å²) in [7, 11) is 0. The maximum Gasteiger partial charge on any atom is 0.256 e. The molecular weight excluding hydrogens is 388 g/mol. The summed E-state index contributed by atoms with van der Waals surface area (Å²) in [5.74, 6) is 0.227. The third-order valence-electron chi connectivity index (χ3n) is 5.21. The Morgan fingerprint density at radius 2 is 1.81 bits per heavy atom. The first-order chi connectivity index (χ1) is 14.7. The van der Waals surface area contributed by atoms with Gasteiger partial charge in [-0.05, 0) is 41.7 Å². The van der Waals surface area contributed by atoms with Gasteiger partial charge in [-0.3, -0.25) is 4.79 Å². The minimum Gasteiger partial charge on any atom is -0.392 e. The number of rotatable bonds is 4. The van der Waals surface area contributed by atoms with Gasteiger partial charge >= 0.3 is 0 Å². The maximum atomic E-state index is 12.9. The molecule has 6 heteroatoms. The molecule has 0 saturated heterocycles. The minimum atomic E-state index is -0.219. The van der Waals surface area contributed by atoms with Gasteiger partial charge in [-0.15, -0.1) is 0 Å². The molecule has 2 aromatic carbocycles. The van der Waals surface area contributed by atoms with Crippen LogP contribution in [0.3, 0.4) is 0 Å².